The summed E-state index contributed by atoms with van der Waals surface area (Å²) in [5.74, 6) is -0.342. The molecular formula is C24H22N4O7. The van der Waals surface area contributed by atoms with Gasteiger partial charge in [-0.2, -0.15) is 0 Å². The van der Waals surface area contributed by atoms with E-state index in [0.717, 1.165) is 4.57 Å². The minimum Gasteiger partial charge on any atom is -0.465 e. The second kappa shape index (κ2) is 10.1. The highest BCUT2D eigenvalue weighted by Gasteiger charge is 2.17. The Morgan fingerprint density at radius 3 is 2.43 bits per heavy atom. The highest BCUT2D eigenvalue weighted by Crippen LogP contribution is 2.32. The maximum absolute atomic E-state index is 12.6. The molecule has 2 aromatic heterocycles. The van der Waals surface area contributed by atoms with Crippen molar-refractivity contribution in [2.45, 2.75) is 20.4 Å². The van der Waals surface area contributed by atoms with Crippen molar-refractivity contribution < 1.29 is 23.8 Å². The lowest BCUT2D eigenvalue weighted by molar-refractivity contribution is -0.143. The van der Waals surface area contributed by atoms with Crippen molar-refractivity contribution in [3.8, 4) is 17.2 Å². The van der Waals surface area contributed by atoms with Crippen molar-refractivity contribution in [1.82, 2.24) is 19.1 Å². The Morgan fingerprint density at radius 2 is 1.77 bits per heavy atom. The molecule has 0 saturated carbocycles. The number of rotatable bonds is 8. The summed E-state index contributed by atoms with van der Waals surface area (Å²) in [6.07, 6.45) is 4.79. The van der Waals surface area contributed by atoms with E-state index in [9.17, 15) is 19.2 Å². The van der Waals surface area contributed by atoms with E-state index < -0.39 is 29.6 Å². The van der Waals surface area contributed by atoms with Gasteiger partial charge in [0.15, 0.2) is 5.75 Å². The number of imidazole rings is 1. The van der Waals surface area contributed by atoms with Crippen LogP contribution < -0.4 is 15.9 Å². The summed E-state index contributed by atoms with van der Waals surface area (Å²) in [5.41, 5.74) is -0.321. The van der Waals surface area contributed by atoms with E-state index in [1.807, 2.05) is 0 Å². The molecule has 0 saturated heterocycles. The Kier molecular flexibility index (Phi) is 6.76. The molecule has 11 nitrogen and oxygen atoms in total. The van der Waals surface area contributed by atoms with E-state index in [0.29, 0.717) is 28.3 Å². The number of ether oxygens (including phenoxy) is 3. The molecule has 0 radical (unpaired) electrons. The van der Waals surface area contributed by atoms with Crippen LogP contribution in [0, 0.1) is 0 Å². The first-order valence-corrected chi connectivity index (χ1v) is 10.8. The Morgan fingerprint density at radius 1 is 1.03 bits per heavy atom. The molecule has 0 aliphatic carbocycles. The first-order valence-electron chi connectivity index (χ1n) is 10.8. The summed E-state index contributed by atoms with van der Waals surface area (Å²) >= 11 is 0. The van der Waals surface area contributed by atoms with Gasteiger partial charge in [-0.15, -0.1) is 0 Å². The SMILES string of the molecule is CCOC(=O)Cn1c(=O)c(=O)[nH]c2cc(Oc3ccc(C(=O)OCC)cc3)c(-n3ccnc3)cc21. The maximum atomic E-state index is 12.6. The minimum atomic E-state index is -0.887. The first-order chi connectivity index (χ1) is 16.9. The van der Waals surface area contributed by atoms with Crippen molar-refractivity contribution >= 4 is 23.0 Å². The van der Waals surface area contributed by atoms with Gasteiger partial charge in [0, 0.05) is 18.5 Å². The molecule has 0 aliphatic rings. The van der Waals surface area contributed by atoms with E-state index in [4.69, 9.17) is 14.2 Å². The van der Waals surface area contributed by atoms with Crippen LogP contribution in [0.25, 0.3) is 16.7 Å². The van der Waals surface area contributed by atoms with Crippen molar-refractivity contribution in [3.63, 3.8) is 0 Å². The maximum Gasteiger partial charge on any atom is 0.338 e. The molecule has 4 aromatic rings. The Balaban J connectivity index is 1.81. The van der Waals surface area contributed by atoms with E-state index >= 15 is 0 Å². The second-order valence-corrected chi connectivity index (χ2v) is 7.30. The van der Waals surface area contributed by atoms with Crippen LogP contribution >= 0.6 is 0 Å². The lowest BCUT2D eigenvalue weighted by atomic mass is 10.2. The van der Waals surface area contributed by atoms with Gasteiger partial charge in [-0.05, 0) is 44.2 Å². The molecule has 4 rings (SSSR count). The molecule has 0 spiro atoms. The van der Waals surface area contributed by atoms with Crippen LogP contribution in [-0.2, 0) is 20.8 Å². The van der Waals surface area contributed by atoms with Crippen LogP contribution in [0.3, 0.4) is 0 Å². The molecule has 0 atom stereocenters. The van der Waals surface area contributed by atoms with Crippen LogP contribution in [0.5, 0.6) is 11.5 Å². The third-order valence-electron chi connectivity index (χ3n) is 5.02. The number of carbonyl (C=O) groups is 2. The fourth-order valence-electron chi connectivity index (χ4n) is 3.47. The molecule has 0 unspecified atom stereocenters. The Bertz CT molecular complexity index is 1490. The third kappa shape index (κ3) is 4.98. The highest BCUT2D eigenvalue weighted by molar-refractivity contribution is 5.89. The summed E-state index contributed by atoms with van der Waals surface area (Å²) in [7, 11) is 0. The molecule has 1 N–H and O–H groups in total. The smallest absolute Gasteiger partial charge is 0.338 e. The highest BCUT2D eigenvalue weighted by atomic mass is 16.5. The number of fused-ring (bicyclic) bond motifs is 1. The largest absolute Gasteiger partial charge is 0.465 e. The fourth-order valence-corrected chi connectivity index (χ4v) is 3.47. The monoisotopic (exact) mass is 478 g/mol. The van der Waals surface area contributed by atoms with E-state index in [1.54, 1.807) is 67.2 Å². The van der Waals surface area contributed by atoms with Gasteiger partial charge < -0.3 is 23.8 Å². The second-order valence-electron chi connectivity index (χ2n) is 7.30. The van der Waals surface area contributed by atoms with Crippen molar-refractivity contribution in [2.24, 2.45) is 0 Å². The zero-order chi connectivity index (χ0) is 24.9. The quantitative estimate of drug-likeness (QED) is 0.301. The van der Waals surface area contributed by atoms with E-state index in [2.05, 4.69) is 9.97 Å². The summed E-state index contributed by atoms with van der Waals surface area (Å²) in [5, 5.41) is 0. The van der Waals surface area contributed by atoms with Gasteiger partial charge in [0.1, 0.15) is 12.3 Å². The van der Waals surface area contributed by atoms with Crippen LogP contribution in [0.15, 0.2) is 64.7 Å². The van der Waals surface area contributed by atoms with Gasteiger partial charge in [-0.25, -0.2) is 9.78 Å². The number of nitrogens with one attached hydrogen (secondary N) is 1. The molecule has 2 heterocycles. The molecule has 0 amide bonds. The molecule has 180 valence electrons. The topological polar surface area (TPSA) is 135 Å². The molecule has 11 heteroatoms. The fraction of sp³-hybridized carbons (Fsp3) is 0.208. The van der Waals surface area contributed by atoms with E-state index in [1.165, 1.54) is 6.33 Å². The molecular weight excluding hydrogens is 456 g/mol. The lowest BCUT2D eigenvalue weighted by Gasteiger charge is -2.16. The summed E-state index contributed by atoms with van der Waals surface area (Å²) in [4.78, 5) is 55.4. The zero-order valence-corrected chi connectivity index (χ0v) is 19.0. The third-order valence-corrected chi connectivity index (χ3v) is 5.02. The number of hydrogen-bond donors (Lipinski definition) is 1. The van der Waals surface area contributed by atoms with Gasteiger partial charge in [0.05, 0.1) is 41.8 Å². The lowest BCUT2D eigenvalue weighted by Crippen LogP contribution is -2.38. The van der Waals surface area contributed by atoms with Crippen LogP contribution in [0.4, 0.5) is 0 Å². The number of H-pyrrole nitrogens is 1. The van der Waals surface area contributed by atoms with Crippen molar-refractivity contribution in [1.29, 1.82) is 0 Å². The molecule has 0 aliphatic heterocycles. The zero-order valence-electron chi connectivity index (χ0n) is 19.0. The average molecular weight is 478 g/mol. The number of nitrogens with zero attached hydrogens (tertiary/aromatic N) is 3. The van der Waals surface area contributed by atoms with Crippen molar-refractivity contribution in [3.05, 3.63) is 81.4 Å². The predicted molar refractivity (Wildman–Crippen MR) is 125 cm³/mol. The average Bonchev–Trinajstić information content (AvgIpc) is 3.37. The van der Waals surface area contributed by atoms with Crippen LogP contribution in [0.1, 0.15) is 24.2 Å². The number of aromatic nitrogens is 4. The van der Waals surface area contributed by atoms with Gasteiger partial charge in [-0.3, -0.25) is 19.0 Å². The summed E-state index contributed by atoms with van der Waals surface area (Å²) < 4.78 is 18.7. The normalized spacial score (nSPS) is 10.8. The van der Waals surface area contributed by atoms with Gasteiger partial charge in [0.25, 0.3) is 0 Å². The minimum absolute atomic E-state index is 0.141. The van der Waals surface area contributed by atoms with Gasteiger partial charge in [0.2, 0.25) is 0 Å². The van der Waals surface area contributed by atoms with Crippen molar-refractivity contribution in [2.75, 3.05) is 13.2 Å². The molecule has 0 bridgehead atoms. The van der Waals surface area contributed by atoms with E-state index in [-0.39, 0.29) is 18.7 Å². The van der Waals surface area contributed by atoms with Crippen LogP contribution in [-0.4, -0.2) is 44.3 Å². The standard InChI is InChI=1S/C24H22N4O7/c1-3-33-21(29)13-28-18-12-19(27-10-9-25-14-27)20(11-17(18)26-22(30)23(28)31)35-16-7-5-15(6-8-16)24(32)34-4-2/h5-12,14H,3-4,13H2,1-2H3,(H,26,30). The number of hydrogen-bond acceptors (Lipinski definition) is 8. The molecule has 35 heavy (non-hydrogen) atoms. The number of benzene rings is 2. The van der Waals surface area contributed by atoms with Gasteiger partial charge >= 0.3 is 23.1 Å². The molecule has 2 aromatic carbocycles. The number of aromatic amines is 1. The predicted octanol–water partition coefficient (Wildman–Crippen LogP) is 2.41. The first kappa shape index (κ1) is 23.5. The van der Waals surface area contributed by atoms with Gasteiger partial charge in [-0.1, -0.05) is 0 Å². The Hall–Kier alpha value is -4.67. The van der Waals surface area contributed by atoms with Crippen LogP contribution in [0.2, 0.25) is 0 Å². The molecule has 0 fully saturated rings. The number of esters is 2. The Labute approximate surface area is 198 Å². The summed E-state index contributed by atoms with van der Waals surface area (Å²) in [6.45, 7) is 3.36. The summed E-state index contributed by atoms with van der Waals surface area (Å²) in [6, 6.07) is 9.52. The number of carbonyl (C=O) groups excluding carboxylic acids is 2.